The molecule has 27 heavy (non-hydrogen) atoms. The number of nitrogens with zero attached hydrogens (tertiary/aromatic N) is 1. The lowest BCUT2D eigenvalue weighted by Gasteiger charge is -2.36. The van der Waals surface area contributed by atoms with Crippen LogP contribution < -0.4 is 0 Å². The first kappa shape index (κ1) is 21.5. The second-order valence-electron chi connectivity index (χ2n) is 7.43. The Morgan fingerprint density at radius 3 is 2.37 bits per heavy atom. The second kappa shape index (κ2) is 7.29. The molecule has 1 heterocycles. The summed E-state index contributed by atoms with van der Waals surface area (Å²) in [5, 5.41) is 0. The molecule has 0 spiro atoms. The van der Waals surface area contributed by atoms with E-state index < -0.39 is 51.1 Å². The van der Waals surface area contributed by atoms with Crippen molar-refractivity contribution in [1.82, 2.24) is 4.90 Å². The maximum atomic E-state index is 13.4. The lowest BCUT2D eigenvalue weighted by molar-refractivity contribution is -0.106. The van der Waals surface area contributed by atoms with Crippen LogP contribution in [0.4, 0.5) is 22.4 Å². The van der Waals surface area contributed by atoms with E-state index in [0.717, 1.165) is 17.0 Å². The SMILES string of the molecule is CC(C)(C)OC(=O)N1Cc2cc(S(=O)(=O)CC(F)(F)F)ccc2CC1CF. The number of rotatable bonds is 3. The first-order chi connectivity index (χ1) is 12.2. The van der Waals surface area contributed by atoms with Crippen molar-refractivity contribution in [3.05, 3.63) is 29.3 Å². The summed E-state index contributed by atoms with van der Waals surface area (Å²) in [4.78, 5) is 13.0. The van der Waals surface area contributed by atoms with Gasteiger partial charge in [-0.15, -0.1) is 0 Å². The van der Waals surface area contributed by atoms with Crippen molar-refractivity contribution in [3.63, 3.8) is 0 Å². The van der Waals surface area contributed by atoms with Gasteiger partial charge in [-0.1, -0.05) is 6.07 Å². The molecule has 1 aromatic carbocycles. The summed E-state index contributed by atoms with van der Waals surface area (Å²) in [5.74, 6) is -1.97. The molecule has 5 nitrogen and oxygen atoms in total. The molecule has 0 radical (unpaired) electrons. The molecule has 1 atom stereocenters. The molecule has 0 saturated carbocycles. The van der Waals surface area contributed by atoms with Crippen molar-refractivity contribution in [1.29, 1.82) is 0 Å². The summed E-state index contributed by atoms with van der Waals surface area (Å²) < 4.78 is 80.1. The maximum absolute atomic E-state index is 13.4. The second-order valence-corrected chi connectivity index (χ2v) is 9.41. The minimum atomic E-state index is -4.86. The number of carbonyl (C=O) groups excluding carboxylic acids is 1. The predicted molar refractivity (Wildman–Crippen MR) is 89.8 cm³/mol. The van der Waals surface area contributed by atoms with Crippen LogP contribution >= 0.6 is 0 Å². The fourth-order valence-corrected chi connectivity index (χ4v) is 3.98. The molecule has 1 unspecified atom stereocenters. The van der Waals surface area contributed by atoms with Gasteiger partial charge < -0.3 is 4.74 Å². The van der Waals surface area contributed by atoms with Crippen LogP contribution in [0.3, 0.4) is 0 Å². The Kier molecular flexibility index (Phi) is 5.79. The maximum Gasteiger partial charge on any atom is 0.410 e. The largest absolute Gasteiger partial charge is 0.444 e. The summed E-state index contributed by atoms with van der Waals surface area (Å²) >= 11 is 0. The Bertz CT molecular complexity index is 815. The molecule has 0 N–H and O–H groups in total. The predicted octanol–water partition coefficient (Wildman–Crippen LogP) is 3.65. The van der Waals surface area contributed by atoms with E-state index in [-0.39, 0.29) is 13.0 Å². The van der Waals surface area contributed by atoms with E-state index in [2.05, 4.69) is 0 Å². The van der Waals surface area contributed by atoms with E-state index in [1.165, 1.54) is 6.07 Å². The Balaban J connectivity index is 2.34. The minimum absolute atomic E-state index is 0.116. The molecule has 2 rings (SSSR count). The van der Waals surface area contributed by atoms with Crippen LogP contribution in [0.5, 0.6) is 0 Å². The van der Waals surface area contributed by atoms with E-state index in [4.69, 9.17) is 4.74 Å². The summed E-state index contributed by atoms with van der Waals surface area (Å²) in [5.41, 5.74) is 0.132. The van der Waals surface area contributed by atoms with Gasteiger partial charge in [-0.2, -0.15) is 13.2 Å². The lowest BCUT2D eigenvalue weighted by Crippen LogP contribution is -2.47. The molecule has 1 aliphatic rings. The van der Waals surface area contributed by atoms with Crippen molar-refractivity contribution < 1.29 is 35.5 Å². The van der Waals surface area contributed by atoms with Gasteiger partial charge in [0, 0.05) is 6.54 Å². The number of fused-ring (bicyclic) bond motifs is 1. The van der Waals surface area contributed by atoms with Gasteiger partial charge in [-0.05, 0) is 50.5 Å². The van der Waals surface area contributed by atoms with Crippen LogP contribution in [-0.2, 0) is 27.5 Å². The van der Waals surface area contributed by atoms with Gasteiger partial charge in [0.1, 0.15) is 12.3 Å². The lowest BCUT2D eigenvalue weighted by atomic mass is 9.95. The van der Waals surface area contributed by atoms with E-state index >= 15 is 0 Å². The van der Waals surface area contributed by atoms with Crippen LogP contribution in [0.2, 0.25) is 0 Å². The third-order valence-corrected chi connectivity index (χ3v) is 5.61. The number of alkyl halides is 4. The Morgan fingerprint density at radius 2 is 1.85 bits per heavy atom. The van der Waals surface area contributed by atoms with Gasteiger partial charge in [0.25, 0.3) is 0 Å². The summed E-state index contributed by atoms with van der Waals surface area (Å²) in [7, 11) is -4.57. The molecule has 1 aliphatic heterocycles. The van der Waals surface area contributed by atoms with Crippen LogP contribution in [0.15, 0.2) is 23.1 Å². The number of carbonyl (C=O) groups is 1. The zero-order chi connectivity index (χ0) is 20.6. The Hall–Kier alpha value is -1.84. The molecular weight excluding hydrogens is 390 g/mol. The van der Waals surface area contributed by atoms with E-state index in [1.807, 2.05) is 0 Å². The van der Waals surface area contributed by atoms with Crippen LogP contribution in [0.1, 0.15) is 31.9 Å². The van der Waals surface area contributed by atoms with Gasteiger partial charge in [-0.25, -0.2) is 17.6 Å². The van der Waals surface area contributed by atoms with E-state index in [1.54, 1.807) is 20.8 Å². The molecule has 0 bridgehead atoms. The highest BCUT2D eigenvalue weighted by Gasteiger charge is 2.37. The zero-order valence-electron chi connectivity index (χ0n) is 15.1. The standard InChI is InChI=1S/C17H21F4NO4S/c1-16(2,3)26-15(23)22-9-12-7-14(27(24,25)10-17(19,20)21)5-4-11(12)6-13(22)8-18/h4-5,7,13H,6,8-10H2,1-3H3. The Labute approximate surface area is 155 Å². The molecule has 0 aliphatic carbocycles. The Morgan fingerprint density at radius 1 is 1.22 bits per heavy atom. The molecule has 0 aromatic heterocycles. The van der Waals surface area contributed by atoms with Crippen LogP contribution in [-0.4, -0.2) is 49.7 Å². The quantitative estimate of drug-likeness (QED) is 0.713. The van der Waals surface area contributed by atoms with Crippen molar-refractivity contribution in [2.24, 2.45) is 0 Å². The van der Waals surface area contributed by atoms with Crippen molar-refractivity contribution >= 4 is 15.9 Å². The van der Waals surface area contributed by atoms with Gasteiger partial charge in [0.2, 0.25) is 0 Å². The first-order valence-electron chi connectivity index (χ1n) is 8.19. The number of amides is 1. The smallest absolute Gasteiger partial charge is 0.410 e. The van der Waals surface area contributed by atoms with Crippen LogP contribution in [0.25, 0.3) is 0 Å². The topological polar surface area (TPSA) is 63.7 Å². The summed E-state index contributed by atoms with van der Waals surface area (Å²) in [6.45, 7) is 3.97. The number of halogens is 4. The molecule has 152 valence electrons. The van der Waals surface area contributed by atoms with Gasteiger partial charge >= 0.3 is 12.3 Å². The summed E-state index contributed by atoms with van der Waals surface area (Å²) in [6, 6.07) is 2.78. The highest BCUT2D eigenvalue weighted by Crippen LogP contribution is 2.29. The van der Waals surface area contributed by atoms with Gasteiger partial charge in [0.05, 0.1) is 10.9 Å². The molecule has 10 heteroatoms. The van der Waals surface area contributed by atoms with Gasteiger partial charge in [-0.3, -0.25) is 4.90 Å². The summed E-state index contributed by atoms with van der Waals surface area (Å²) in [6.07, 6.45) is -5.51. The van der Waals surface area contributed by atoms with Crippen molar-refractivity contribution in [2.75, 3.05) is 12.4 Å². The van der Waals surface area contributed by atoms with E-state index in [0.29, 0.717) is 11.1 Å². The normalized spacial score (nSPS) is 18.2. The fourth-order valence-electron chi connectivity index (χ4n) is 2.79. The zero-order valence-corrected chi connectivity index (χ0v) is 16.0. The fraction of sp³-hybridized carbons (Fsp3) is 0.588. The minimum Gasteiger partial charge on any atom is -0.444 e. The molecule has 0 fully saturated rings. The first-order valence-corrected chi connectivity index (χ1v) is 9.84. The average molecular weight is 411 g/mol. The molecule has 0 saturated heterocycles. The number of hydrogen-bond donors (Lipinski definition) is 0. The third-order valence-electron chi connectivity index (χ3n) is 3.93. The third kappa shape index (κ3) is 5.57. The molecule has 1 aromatic rings. The number of hydrogen-bond acceptors (Lipinski definition) is 4. The van der Waals surface area contributed by atoms with Crippen LogP contribution in [0, 0.1) is 0 Å². The average Bonchev–Trinajstić information content (AvgIpc) is 2.49. The number of ether oxygens (including phenoxy) is 1. The monoisotopic (exact) mass is 411 g/mol. The number of benzene rings is 1. The number of sulfone groups is 1. The van der Waals surface area contributed by atoms with E-state index in [9.17, 15) is 30.8 Å². The van der Waals surface area contributed by atoms with Crippen molar-refractivity contribution in [2.45, 2.75) is 56.5 Å². The molecular formula is C17H21F4NO4S. The molecule has 1 amide bonds. The highest BCUT2D eigenvalue weighted by atomic mass is 32.2. The van der Waals surface area contributed by atoms with Gasteiger partial charge in [0.15, 0.2) is 15.6 Å². The van der Waals surface area contributed by atoms with Crippen molar-refractivity contribution in [3.8, 4) is 0 Å². The highest BCUT2D eigenvalue weighted by molar-refractivity contribution is 7.91.